The van der Waals surface area contributed by atoms with Crippen LogP contribution in [0.15, 0.2) is 46.9 Å². The quantitative estimate of drug-likeness (QED) is 0.884. The summed E-state index contributed by atoms with van der Waals surface area (Å²) in [5.74, 6) is 0.865. The van der Waals surface area contributed by atoms with Crippen LogP contribution in [0.3, 0.4) is 0 Å². The molecule has 2 aromatic rings. The van der Waals surface area contributed by atoms with Crippen molar-refractivity contribution in [2.75, 3.05) is 7.05 Å². The number of nitriles is 1. The standard InChI is InChI=1S/C17H17BrN2O/c1-12(20-2)16-9-15(18)7-8-17(16)21-11-14-5-3-13(10-19)4-6-14/h3-9,12,20H,11H2,1-2H3. The van der Waals surface area contributed by atoms with Crippen molar-refractivity contribution >= 4 is 15.9 Å². The fourth-order valence-electron chi connectivity index (χ4n) is 1.98. The monoisotopic (exact) mass is 344 g/mol. The number of hydrogen-bond acceptors (Lipinski definition) is 3. The van der Waals surface area contributed by atoms with Crippen molar-refractivity contribution in [1.29, 1.82) is 5.26 Å². The average molecular weight is 345 g/mol. The van der Waals surface area contributed by atoms with Crippen LogP contribution in [0.1, 0.15) is 29.7 Å². The zero-order valence-electron chi connectivity index (χ0n) is 12.1. The Bertz CT molecular complexity index is 647. The molecule has 1 unspecified atom stereocenters. The summed E-state index contributed by atoms with van der Waals surface area (Å²) in [4.78, 5) is 0. The Morgan fingerprint density at radius 1 is 1.24 bits per heavy atom. The van der Waals surface area contributed by atoms with Crippen LogP contribution in [0.25, 0.3) is 0 Å². The smallest absolute Gasteiger partial charge is 0.124 e. The van der Waals surface area contributed by atoms with Crippen LogP contribution < -0.4 is 10.1 Å². The van der Waals surface area contributed by atoms with Gasteiger partial charge in [0.25, 0.3) is 0 Å². The number of nitrogens with zero attached hydrogens (tertiary/aromatic N) is 1. The van der Waals surface area contributed by atoms with E-state index < -0.39 is 0 Å². The summed E-state index contributed by atoms with van der Waals surface area (Å²) in [7, 11) is 1.93. The molecule has 21 heavy (non-hydrogen) atoms. The summed E-state index contributed by atoms with van der Waals surface area (Å²) in [5.41, 5.74) is 2.81. The van der Waals surface area contributed by atoms with E-state index in [0.717, 1.165) is 21.3 Å². The van der Waals surface area contributed by atoms with Gasteiger partial charge in [-0.15, -0.1) is 0 Å². The van der Waals surface area contributed by atoms with Gasteiger partial charge in [0.05, 0.1) is 11.6 Å². The van der Waals surface area contributed by atoms with Crippen molar-refractivity contribution in [3.8, 4) is 11.8 Å². The molecule has 0 aliphatic heterocycles. The lowest BCUT2D eigenvalue weighted by atomic mass is 10.1. The Morgan fingerprint density at radius 3 is 2.57 bits per heavy atom. The molecule has 0 aliphatic rings. The second-order valence-electron chi connectivity index (χ2n) is 4.79. The Morgan fingerprint density at radius 2 is 1.95 bits per heavy atom. The van der Waals surface area contributed by atoms with Crippen LogP contribution in [0, 0.1) is 11.3 Å². The summed E-state index contributed by atoms with van der Waals surface area (Å²) in [6.45, 7) is 2.58. The highest BCUT2D eigenvalue weighted by atomic mass is 79.9. The lowest BCUT2D eigenvalue weighted by molar-refractivity contribution is 0.300. The largest absolute Gasteiger partial charge is 0.489 e. The SMILES string of the molecule is CNC(C)c1cc(Br)ccc1OCc1ccc(C#N)cc1. The highest BCUT2D eigenvalue weighted by Gasteiger charge is 2.11. The van der Waals surface area contributed by atoms with Gasteiger partial charge in [-0.25, -0.2) is 0 Å². The fraction of sp³-hybridized carbons (Fsp3) is 0.235. The molecule has 3 nitrogen and oxygen atoms in total. The van der Waals surface area contributed by atoms with E-state index in [1.54, 1.807) is 12.1 Å². The van der Waals surface area contributed by atoms with E-state index in [1.807, 2.05) is 31.3 Å². The third-order valence-electron chi connectivity index (χ3n) is 3.35. The zero-order chi connectivity index (χ0) is 15.2. The molecule has 0 radical (unpaired) electrons. The molecule has 0 saturated heterocycles. The molecule has 2 aromatic carbocycles. The summed E-state index contributed by atoms with van der Waals surface area (Å²) >= 11 is 3.49. The van der Waals surface area contributed by atoms with Crippen molar-refractivity contribution in [1.82, 2.24) is 5.32 Å². The van der Waals surface area contributed by atoms with Crippen molar-refractivity contribution in [2.45, 2.75) is 19.6 Å². The van der Waals surface area contributed by atoms with E-state index in [2.05, 4.69) is 40.3 Å². The maximum absolute atomic E-state index is 8.79. The van der Waals surface area contributed by atoms with Gasteiger partial charge >= 0.3 is 0 Å². The first-order valence-electron chi connectivity index (χ1n) is 6.72. The molecule has 0 aromatic heterocycles. The topological polar surface area (TPSA) is 45.0 Å². The zero-order valence-corrected chi connectivity index (χ0v) is 13.6. The van der Waals surface area contributed by atoms with Crippen LogP contribution in [0.4, 0.5) is 0 Å². The Balaban J connectivity index is 2.13. The Hall–Kier alpha value is -1.83. The number of halogens is 1. The predicted molar refractivity (Wildman–Crippen MR) is 87.1 cm³/mol. The Kier molecular flexibility index (Phi) is 5.38. The fourth-order valence-corrected chi connectivity index (χ4v) is 2.36. The predicted octanol–water partition coefficient (Wildman–Crippen LogP) is 4.18. The molecule has 0 fully saturated rings. The highest BCUT2D eigenvalue weighted by molar-refractivity contribution is 9.10. The third-order valence-corrected chi connectivity index (χ3v) is 3.84. The van der Waals surface area contributed by atoms with Crippen LogP contribution in [-0.4, -0.2) is 7.05 Å². The van der Waals surface area contributed by atoms with Gasteiger partial charge in [-0.05, 0) is 49.9 Å². The van der Waals surface area contributed by atoms with Crippen molar-refractivity contribution < 1.29 is 4.74 Å². The van der Waals surface area contributed by atoms with Crippen molar-refractivity contribution in [2.24, 2.45) is 0 Å². The molecule has 1 N–H and O–H groups in total. The van der Waals surface area contributed by atoms with Crippen LogP contribution in [0.5, 0.6) is 5.75 Å². The summed E-state index contributed by atoms with van der Waals surface area (Å²) in [6, 6.07) is 15.8. The van der Waals surface area contributed by atoms with Gasteiger partial charge in [-0.1, -0.05) is 28.1 Å². The molecule has 0 saturated carbocycles. The molecule has 0 bridgehead atoms. The molecule has 2 rings (SSSR count). The van der Waals surface area contributed by atoms with E-state index in [1.165, 1.54) is 0 Å². The molecular formula is C17H17BrN2O. The minimum absolute atomic E-state index is 0.207. The number of rotatable bonds is 5. The third kappa shape index (κ3) is 4.07. The van der Waals surface area contributed by atoms with E-state index in [-0.39, 0.29) is 6.04 Å². The van der Waals surface area contributed by atoms with Gasteiger partial charge in [-0.2, -0.15) is 5.26 Å². The van der Waals surface area contributed by atoms with Crippen LogP contribution >= 0.6 is 15.9 Å². The van der Waals surface area contributed by atoms with Crippen molar-refractivity contribution in [3.05, 3.63) is 63.6 Å². The first kappa shape index (κ1) is 15.6. The minimum Gasteiger partial charge on any atom is -0.489 e. The van der Waals surface area contributed by atoms with Crippen LogP contribution in [0.2, 0.25) is 0 Å². The second kappa shape index (κ2) is 7.26. The number of nitrogens with one attached hydrogen (secondary N) is 1. The summed E-state index contributed by atoms with van der Waals surface area (Å²) in [5, 5.41) is 12.0. The first-order chi connectivity index (χ1) is 10.1. The van der Waals surface area contributed by atoms with Crippen molar-refractivity contribution in [3.63, 3.8) is 0 Å². The van der Waals surface area contributed by atoms with Gasteiger partial charge in [-0.3, -0.25) is 0 Å². The van der Waals surface area contributed by atoms with E-state index in [0.29, 0.717) is 12.2 Å². The van der Waals surface area contributed by atoms with Gasteiger partial charge < -0.3 is 10.1 Å². The van der Waals surface area contributed by atoms with E-state index in [4.69, 9.17) is 10.00 Å². The normalized spacial score (nSPS) is 11.7. The second-order valence-corrected chi connectivity index (χ2v) is 5.71. The van der Waals surface area contributed by atoms with Gasteiger partial charge in [0.2, 0.25) is 0 Å². The molecule has 108 valence electrons. The lowest BCUT2D eigenvalue weighted by Gasteiger charge is -2.17. The van der Waals surface area contributed by atoms with Gasteiger partial charge in [0, 0.05) is 16.1 Å². The first-order valence-corrected chi connectivity index (χ1v) is 7.52. The molecule has 0 heterocycles. The molecule has 0 amide bonds. The van der Waals surface area contributed by atoms with E-state index >= 15 is 0 Å². The number of ether oxygens (including phenoxy) is 1. The molecule has 0 aliphatic carbocycles. The highest BCUT2D eigenvalue weighted by Crippen LogP contribution is 2.29. The molecule has 1 atom stereocenters. The maximum atomic E-state index is 8.79. The molecular weight excluding hydrogens is 328 g/mol. The number of hydrogen-bond donors (Lipinski definition) is 1. The molecule has 0 spiro atoms. The summed E-state index contributed by atoms with van der Waals surface area (Å²) in [6.07, 6.45) is 0. The lowest BCUT2D eigenvalue weighted by Crippen LogP contribution is -2.13. The van der Waals surface area contributed by atoms with Gasteiger partial charge in [0.15, 0.2) is 0 Å². The van der Waals surface area contributed by atoms with Crippen LogP contribution in [-0.2, 0) is 6.61 Å². The average Bonchev–Trinajstić information content (AvgIpc) is 2.53. The van der Waals surface area contributed by atoms with E-state index in [9.17, 15) is 0 Å². The number of benzene rings is 2. The summed E-state index contributed by atoms with van der Waals surface area (Å²) < 4.78 is 6.96. The molecule has 4 heteroatoms. The van der Waals surface area contributed by atoms with Gasteiger partial charge in [0.1, 0.15) is 12.4 Å². The Labute approximate surface area is 133 Å². The maximum Gasteiger partial charge on any atom is 0.124 e. The minimum atomic E-state index is 0.207.